The van der Waals surface area contributed by atoms with Crippen molar-refractivity contribution in [2.24, 2.45) is 0 Å². The van der Waals surface area contributed by atoms with Crippen LogP contribution in [0.15, 0.2) is 41.2 Å². The molecule has 18 heavy (non-hydrogen) atoms. The zero-order valence-electron chi connectivity index (χ0n) is 9.59. The molecule has 0 saturated heterocycles. The van der Waals surface area contributed by atoms with Gasteiger partial charge in [-0.15, -0.1) is 0 Å². The van der Waals surface area contributed by atoms with Gasteiger partial charge in [-0.3, -0.25) is 10.1 Å². The number of nitrogens with zero attached hydrogens (tertiary/aromatic N) is 1. The SMILES string of the molecule is CC(Nc1cc([N+](=O)[O-])ccc1F)c1ccoc1. The number of hydrogen-bond acceptors (Lipinski definition) is 4. The number of rotatable bonds is 4. The number of furan rings is 1. The smallest absolute Gasteiger partial charge is 0.271 e. The Morgan fingerprint density at radius 2 is 2.22 bits per heavy atom. The van der Waals surface area contributed by atoms with Gasteiger partial charge in [-0.1, -0.05) is 0 Å². The standard InChI is InChI=1S/C12H11FN2O3/c1-8(9-4-5-18-7-9)14-12-6-10(15(16)17)2-3-11(12)13/h2-8,14H,1H3. The Kier molecular flexibility index (Phi) is 3.27. The van der Waals surface area contributed by atoms with E-state index in [1.165, 1.54) is 18.6 Å². The molecule has 0 fully saturated rings. The van der Waals surface area contributed by atoms with Crippen LogP contribution in [0.25, 0.3) is 0 Å². The molecule has 0 aliphatic heterocycles. The summed E-state index contributed by atoms with van der Waals surface area (Å²) in [5.74, 6) is -0.532. The predicted molar refractivity (Wildman–Crippen MR) is 63.8 cm³/mol. The quantitative estimate of drug-likeness (QED) is 0.666. The van der Waals surface area contributed by atoms with Crippen LogP contribution in [0.5, 0.6) is 0 Å². The van der Waals surface area contributed by atoms with Crippen molar-refractivity contribution in [1.29, 1.82) is 0 Å². The highest BCUT2D eigenvalue weighted by Gasteiger charge is 2.13. The zero-order valence-corrected chi connectivity index (χ0v) is 9.59. The Morgan fingerprint density at radius 1 is 1.44 bits per heavy atom. The summed E-state index contributed by atoms with van der Waals surface area (Å²) in [6.45, 7) is 1.81. The van der Waals surface area contributed by atoms with Crippen LogP contribution in [0, 0.1) is 15.9 Å². The maximum absolute atomic E-state index is 13.5. The number of halogens is 1. The first-order valence-corrected chi connectivity index (χ1v) is 5.30. The van der Waals surface area contributed by atoms with Gasteiger partial charge in [0.05, 0.1) is 29.2 Å². The first-order valence-electron chi connectivity index (χ1n) is 5.30. The number of nitro benzene ring substituents is 1. The van der Waals surface area contributed by atoms with E-state index in [9.17, 15) is 14.5 Å². The van der Waals surface area contributed by atoms with Crippen LogP contribution in [0.4, 0.5) is 15.8 Å². The third kappa shape index (κ3) is 2.48. The minimum atomic E-state index is -0.562. The molecule has 2 rings (SSSR count). The van der Waals surface area contributed by atoms with E-state index in [2.05, 4.69) is 5.32 Å². The minimum Gasteiger partial charge on any atom is -0.472 e. The molecule has 1 heterocycles. The number of non-ortho nitro benzene ring substituents is 1. The van der Waals surface area contributed by atoms with E-state index in [1.54, 1.807) is 6.07 Å². The van der Waals surface area contributed by atoms with Crippen molar-refractivity contribution >= 4 is 11.4 Å². The van der Waals surface area contributed by atoms with E-state index in [0.717, 1.165) is 17.7 Å². The van der Waals surface area contributed by atoms with Crippen LogP contribution in [-0.2, 0) is 0 Å². The first-order chi connectivity index (χ1) is 8.58. The lowest BCUT2D eigenvalue weighted by atomic mass is 10.1. The van der Waals surface area contributed by atoms with Gasteiger partial charge in [-0.25, -0.2) is 4.39 Å². The van der Waals surface area contributed by atoms with E-state index in [-0.39, 0.29) is 17.4 Å². The van der Waals surface area contributed by atoms with Crippen LogP contribution >= 0.6 is 0 Å². The van der Waals surface area contributed by atoms with Crippen molar-refractivity contribution in [2.45, 2.75) is 13.0 Å². The van der Waals surface area contributed by atoms with E-state index >= 15 is 0 Å². The van der Waals surface area contributed by atoms with Gasteiger partial charge < -0.3 is 9.73 Å². The van der Waals surface area contributed by atoms with Crippen LogP contribution in [-0.4, -0.2) is 4.92 Å². The lowest BCUT2D eigenvalue weighted by Gasteiger charge is -2.13. The largest absolute Gasteiger partial charge is 0.472 e. The highest BCUT2D eigenvalue weighted by Crippen LogP contribution is 2.25. The first kappa shape index (κ1) is 12.1. The predicted octanol–water partition coefficient (Wildman–Crippen LogP) is 3.50. The van der Waals surface area contributed by atoms with Crippen LogP contribution in [0.1, 0.15) is 18.5 Å². The lowest BCUT2D eigenvalue weighted by Crippen LogP contribution is -2.07. The van der Waals surface area contributed by atoms with Crippen molar-refractivity contribution in [1.82, 2.24) is 0 Å². The molecule has 2 aromatic rings. The molecule has 0 radical (unpaired) electrons. The molecule has 0 bridgehead atoms. The normalized spacial score (nSPS) is 12.1. The highest BCUT2D eigenvalue weighted by atomic mass is 19.1. The maximum Gasteiger partial charge on any atom is 0.271 e. The van der Waals surface area contributed by atoms with E-state index in [1.807, 2.05) is 6.92 Å². The molecule has 1 aromatic carbocycles. The fourth-order valence-corrected chi connectivity index (χ4v) is 1.58. The summed E-state index contributed by atoms with van der Waals surface area (Å²) in [7, 11) is 0. The van der Waals surface area contributed by atoms with Gasteiger partial charge in [0.2, 0.25) is 0 Å². The Bertz CT molecular complexity index is 554. The van der Waals surface area contributed by atoms with E-state index in [4.69, 9.17) is 4.42 Å². The molecule has 0 saturated carbocycles. The summed E-state index contributed by atoms with van der Waals surface area (Å²) in [6, 6.07) is 4.91. The van der Waals surface area contributed by atoms with Crippen LogP contribution < -0.4 is 5.32 Å². The molecule has 1 aromatic heterocycles. The third-order valence-corrected chi connectivity index (χ3v) is 2.58. The van der Waals surface area contributed by atoms with Gasteiger partial charge >= 0.3 is 0 Å². The Morgan fingerprint density at radius 3 is 2.83 bits per heavy atom. The molecule has 1 atom stereocenters. The molecular weight excluding hydrogens is 239 g/mol. The molecule has 94 valence electrons. The monoisotopic (exact) mass is 250 g/mol. The number of benzene rings is 1. The summed E-state index contributed by atoms with van der Waals surface area (Å²) < 4.78 is 18.5. The van der Waals surface area contributed by atoms with Crippen LogP contribution in [0.3, 0.4) is 0 Å². The van der Waals surface area contributed by atoms with Crippen molar-refractivity contribution in [3.8, 4) is 0 Å². The fraction of sp³-hybridized carbons (Fsp3) is 0.167. The van der Waals surface area contributed by atoms with E-state index in [0.29, 0.717) is 0 Å². The maximum atomic E-state index is 13.5. The summed E-state index contributed by atoms with van der Waals surface area (Å²) in [6.07, 6.45) is 3.05. The zero-order chi connectivity index (χ0) is 13.1. The fourth-order valence-electron chi connectivity index (χ4n) is 1.58. The molecular formula is C12H11FN2O3. The molecule has 6 heteroatoms. The van der Waals surface area contributed by atoms with Crippen molar-refractivity contribution in [3.63, 3.8) is 0 Å². The van der Waals surface area contributed by atoms with Crippen molar-refractivity contribution < 1.29 is 13.7 Å². The van der Waals surface area contributed by atoms with Gasteiger partial charge in [0.15, 0.2) is 0 Å². The summed E-state index contributed by atoms with van der Waals surface area (Å²) >= 11 is 0. The Balaban J connectivity index is 2.23. The third-order valence-electron chi connectivity index (χ3n) is 2.58. The highest BCUT2D eigenvalue weighted by molar-refractivity contribution is 5.53. The average molecular weight is 250 g/mol. The summed E-state index contributed by atoms with van der Waals surface area (Å²) in [5, 5.41) is 13.5. The Hall–Kier alpha value is -2.37. The molecule has 0 spiro atoms. The molecule has 5 nitrogen and oxygen atoms in total. The number of nitrogens with one attached hydrogen (secondary N) is 1. The molecule has 1 N–H and O–H groups in total. The van der Waals surface area contributed by atoms with Gasteiger partial charge in [0, 0.05) is 17.7 Å². The second kappa shape index (κ2) is 4.87. The average Bonchev–Trinajstić information content (AvgIpc) is 2.85. The number of anilines is 1. The van der Waals surface area contributed by atoms with Crippen molar-refractivity contribution in [3.05, 3.63) is 58.3 Å². The second-order valence-electron chi connectivity index (χ2n) is 3.84. The van der Waals surface area contributed by atoms with E-state index < -0.39 is 10.7 Å². The van der Waals surface area contributed by atoms with Gasteiger partial charge in [0.25, 0.3) is 5.69 Å². The minimum absolute atomic E-state index is 0.0953. The topological polar surface area (TPSA) is 68.3 Å². The number of hydrogen-bond donors (Lipinski definition) is 1. The Labute approximate surface area is 102 Å². The molecule has 0 aliphatic rings. The molecule has 0 amide bonds. The van der Waals surface area contributed by atoms with Gasteiger partial charge in [0.1, 0.15) is 5.82 Å². The lowest BCUT2D eigenvalue weighted by molar-refractivity contribution is -0.384. The van der Waals surface area contributed by atoms with Crippen LogP contribution in [0.2, 0.25) is 0 Å². The molecule has 1 unspecified atom stereocenters. The molecule has 0 aliphatic carbocycles. The van der Waals surface area contributed by atoms with Crippen molar-refractivity contribution in [2.75, 3.05) is 5.32 Å². The summed E-state index contributed by atoms with van der Waals surface area (Å²) in [5.41, 5.74) is 0.775. The van der Waals surface area contributed by atoms with Gasteiger partial charge in [-0.05, 0) is 19.1 Å². The number of nitro groups is 1. The van der Waals surface area contributed by atoms with Gasteiger partial charge in [-0.2, -0.15) is 0 Å². The second-order valence-corrected chi connectivity index (χ2v) is 3.84. The summed E-state index contributed by atoms with van der Waals surface area (Å²) in [4.78, 5) is 10.1.